The summed E-state index contributed by atoms with van der Waals surface area (Å²) in [7, 11) is 0. The maximum atomic E-state index is 12.0. The van der Waals surface area contributed by atoms with Gasteiger partial charge in [-0.1, -0.05) is 19.9 Å². The van der Waals surface area contributed by atoms with E-state index in [1.54, 1.807) is 17.0 Å². The minimum Gasteiger partial charge on any atom is -0.334 e. The lowest BCUT2D eigenvalue weighted by molar-refractivity contribution is 0.0269. The number of hydrogen-bond acceptors (Lipinski definition) is 3. The van der Waals surface area contributed by atoms with Crippen molar-refractivity contribution in [3.8, 4) is 0 Å². The summed E-state index contributed by atoms with van der Waals surface area (Å²) in [5.41, 5.74) is 5.89. The second-order valence-corrected chi connectivity index (χ2v) is 4.98. The number of H-pyrrole nitrogens is 1. The van der Waals surface area contributed by atoms with Crippen molar-refractivity contribution in [1.82, 2.24) is 9.88 Å². The molecule has 1 saturated heterocycles. The molecule has 0 atom stereocenters. The van der Waals surface area contributed by atoms with Gasteiger partial charge in [0.15, 0.2) is 0 Å². The van der Waals surface area contributed by atoms with Crippen LogP contribution in [0.4, 0.5) is 0 Å². The molecule has 2 heterocycles. The summed E-state index contributed by atoms with van der Waals surface area (Å²) in [6.07, 6.45) is 0. The topological polar surface area (TPSA) is 79.2 Å². The van der Waals surface area contributed by atoms with Gasteiger partial charge in [-0.15, -0.1) is 0 Å². The molecule has 1 fully saturated rings. The van der Waals surface area contributed by atoms with E-state index in [2.05, 4.69) is 4.98 Å². The van der Waals surface area contributed by atoms with Crippen LogP contribution in [-0.2, 0) is 0 Å². The summed E-state index contributed by atoms with van der Waals surface area (Å²) in [4.78, 5) is 27.3. The fraction of sp³-hybridized carbons (Fsp3) is 0.500. The average molecular weight is 235 g/mol. The molecular weight excluding hydrogens is 218 g/mol. The molecule has 1 aliphatic rings. The van der Waals surface area contributed by atoms with Gasteiger partial charge in [-0.25, -0.2) is 0 Å². The number of aromatic nitrogens is 1. The van der Waals surface area contributed by atoms with Crippen LogP contribution < -0.4 is 11.3 Å². The zero-order valence-electron chi connectivity index (χ0n) is 10.1. The van der Waals surface area contributed by atoms with Gasteiger partial charge in [-0.3, -0.25) is 9.59 Å². The van der Waals surface area contributed by atoms with E-state index in [0.717, 1.165) is 0 Å². The van der Waals surface area contributed by atoms with Gasteiger partial charge in [0.1, 0.15) is 5.69 Å². The van der Waals surface area contributed by atoms with Crippen LogP contribution in [0.2, 0.25) is 0 Å². The van der Waals surface area contributed by atoms with Gasteiger partial charge in [0.25, 0.3) is 5.91 Å². The zero-order valence-corrected chi connectivity index (χ0v) is 10.1. The van der Waals surface area contributed by atoms with E-state index in [1.807, 2.05) is 13.8 Å². The Bertz CT molecular complexity index is 487. The molecule has 1 aromatic rings. The van der Waals surface area contributed by atoms with E-state index >= 15 is 0 Å². The quantitative estimate of drug-likeness (QED) is 0.767. The summed E-state index contributed by atoms with van der Waals surface area (Å²) in [5, 5.41) is 0. The van der Waals surface area contributed by atoms with E-state index in [4.69, 9.17) is 5.73 Å². The Balaban J connectivity index is 2.08. The third-order valence-electron chi connectivity index (χ3n) is 3.41. The van der Waals surface area contributed by atoms with Gasteiger partial charge in [-0.2, -0.15) is 0 Å². The number of likely N-dealkylation sites (tertiary alicyclic amines) is 1. The summed E-state index contributed by atoms with van der Waals surface area (Å²) in [6, 6.07) is 4.56. The largest absolute Gasteiger partial charge is 0.334 e. The molecule has 17 heavy (non-hydrogen) atoms. The third kappa shape index (κ3) is 2.10. The number of amides is 1. The second-order valence-electron chi connectivity index (χ2n) is 4.98. The van der Waals surface area contributed by atoms with E-state index in [0.29, 0.717) is 24.7 Å². The molecule has 2 rings (SSSR count). The smallest absolute Gasteiger partial charge is 0.270 e. The number of nitrogens with zero attached hydrogens (tertiary/aromatic N) is 1. The molecule has 0 saturated carbocycles. The predicted molar refractivity (Wildman–Crippen MR) is 64.7 cm³/mol. The minimum atomic E-state index is -0.287. The molecular formula is C12H17N3O2. The lowest BCUT2D eigenvalue weighted by Crippen LogP contribution is -2.71. The highest BCUT2D eigenvalue weighted by molar-refractivity contribution is 5.93. The van der Waals surface area contributed by atoms with Crippen LogP contribution in [-0.4, -0.2) is 34.4 Å². The first-order valence-corrected chi connectivity index (χ1v) is 5.70. The highest BCUT2D eigenvalue weighted by Crippen LogP contribution is 2.26. The van der Waals surface area contributed by atoms with Crippen molar-refractivity contribution in [3.63, 3.8) is 0 Å². The lowest BCUT2D eigenvalue weighted by Gasteiger charge is -2.50. The van der Waals surface area contributed by atoms with Crippen LogP contribution in [0.15, 0.2) is 23.0 Å². The molecule has 0 bridgehead atoms. The first-order valence-electron chi connectivity index (χ1n) is 5.70. The number of aromatic amines is 1. The van der Waals surface area contributed by atoms with E-state index in [9.17, 15) is 9.59 Å². The Morgan fingerprint density at radius 2 is 2.12 bits per heavy atom. The molecule has 0 unspecified atom stereocenters. The van der Waals surface area contributed by atoms with Crippen LogP contribution in [0.5, 0.6) is 0 Å². The third-order valence-corrected chi connectivity index (χ3v) is 3.41. The predicted octanol–water partition coefficient (Wildman–Crippen LogP) is 0.184. The Labute approximate surface area is 99.6 Å². The van der Waals surface area contributed by atoms with Gasteiger partial charge < -0.3 is 15.6 Å². The van der Waals surface area contributed by atoms with Crippen molar-refractivity contribution in [1.29, 1.82) is 0 Å². The summed E-state index contributed by atoms with van der Waals surface area (Å²) < 4.78 is 0. The Kier molecular flexibility index (Phi) is 2.79. The maximum Gasteiger partial charge on any atom is 0.270 e. The summed E-state index contributed by atoms with van der Waals surface area (Å²) >= 11 is 0. The lowest BCUT2D eigenvalue weighted by atomic mass is 9.80. The van der Waals surface area contributed by atoms with Crippen molar-refractivity contribution in [2.75, 3.05) is 13.1 Å². The number of carbonyl (C=O) groups excluding carboxylic acids is 1. The average Bonchev–Trinajstić information content (AvgIpc) is 2.23. The number of hydrogen-bond donors (Lipinski definition) is 2. The second kappa shape index (κ2) is 4.00. The molecule has 5 nitrogen and oxygen atoms in total. The number of pyridine rings is 1. The van der Waals surface area contributed by atoms with Crippen LogP contribution in [0.25, 0.3) is 0 Å². The molecule has 0 aliphatic carbocycles. The van der Waals surface area contributed by atoms with E-state index in [1.165, 1.54) is 6.07 Å². The summed E-state index contributed by atoms with van der Waals surface area (Å²) in [6.45, 7) is 5.18. The van der Waals surface area contributed by atoms with Crippen molar-refractivity contribution in [3.05, 3.63) is 34.2 Å². The molecule has 0 radical (unpaired) electrons. The van der Waals surface area contributed by atoms with Crippen LogP contribution >= 0.6 is 0 Å². The first kappa shape index (κ1) is 11.9. The van der Waals surface area contributed by atoms with Gasteiger partial charge in [0, 0.05) is 19.2 Å². The van der Waals surface area contributed by atoms with Gasteiger partial charge in [0.2, 0.25) is 5.56 Å². The molecule has 0 aromatic carbocycles. The maximum absolute atomic E-state index is 12.0. The Hall–Kier alpha value is -1.62. The fourth-order valence-electron chi connectivity index (χ4n) is 1.92. The van der Waals surface area contributed by atoms with E-state index in [-0.39, 0.29) is 17.0 Å². The van der Waals surface area contributed by atoms with Crippen LogP contribution in [0.1, 0.15) is 24.3 Å². The highest BCUT2D eigenvalue weighted by atomic mass is 16.2. The molecule has 0 spiro atoms. The number of rotatable bonds is 2. The molecule has 3 N–H and O–H groups in total. The fourth-order valence-corrected chi connectivity index (χ4v) is 1.92. The monoisotopic (exact) mass is 235 g/mol. The van der Waals surface area contributed by atoms with Crippen LogP contribution in [0.3, 0.4) is 0 Å². The Morgan fingerprint density at radius 3 is 2.65 bits per heavy atom. The van der Waals surface area contributed by atoms with E-state index < -0.39 is 0 Å². The highest BCUT2D eigenvalue weighted by Gasteiger charge is 2.44. The van der Waals surface area contributed by atoms with Crippen molar-refractivity contribution in [2.45, 2.75) is 19.4 Å². The van der Waals surface area contributed by atoms with Crippen LogP contribution in [0, 0.1) is 5.92 Å². The van der Waals surface area contributed by atoms with Crippen molar-refractivity contribution >= 4 is 5.91 Å². The van der Waals surface area contributed by atoms with Crippen molar-refractivity contribution < 1.29 is 4.79 Å². The summed E-state index contributed by atoms with van der Waals surface area (Å²) in [5.74, 6) is 0.172. The molecule has 5 heteroatoms. The molecule has 1 amide bonds. The molecule has 92 valence electrons. The first-order chi connectivity index (χ1) is 7.92. The van der Waals surface area contributed by atoms with Gasteiger partial charge in [-0.05, 0) is 12.0 Å². The minimum absolute atomic E-state index is 0.163. The number of nitrogens with one attached hydrogen (secondary N) is 1. The number of nitrogens with two attached hydrogens (primary N) is 1. The SMILES string of the molecule is CC(C)C1(N)CN(C(=O)c2cccc(=O)[nH]2)C1. The van der Waals surface area contributed by atoms with Crippen molar-refractivity contribution in [2.24, 2.45) is 11.7 Å². The standard InChI is InChI=1S/C12H17N3O2/c1-8(2)12(13)6-15(7-12)11(17)9-4-3-5-10(16)14-9/h3-5,8H,6-7,13H2,1-2H3,(H,14,16). The Morgan fingerprint density at radius 1 is 1.47 bits per heavy atom. The molecule has 1 aliphatic heterocycles. The molecule has 1 aromatic heterocycles. The number of carbonyl (C=O) groups is 1. The van der Waals surface area contributed by atoms with Gasteiger partial charge >= 0.3 is 0 Å². The zero-order chi connectivity index (χ0) is 12.6. The normalized spacial score (nSPS) is 18.0. The van der Waals surface area contributed by atoms with Gasteiger partial charge in [0.05, 0.1) is 5.54 Å².